The zero-order valence-corrected chi connectivity index (χ0v) is 22.6. The maximum Gasteiger partial charge on any atom is 0.126 e. The second-order valence-electron chi connectivity index (χ2n) is 10.7. The molecule has 0 fully saturated rings. The molecule has 0 aliphatic heterocycles. The topological polar surface area (TPSA) is 0 Å². The normalized spacial score (nSPS) is 11.6. The van der Waals surface area contributed by atoms with Crippen LogP contribution >= 0.6 is 0 Å². The number of halogens is 2. The van der Waals surface area contributed by atoms with Gasteiger partial charge in [-0.2, -0.15) is 0 Å². The second kappa shape index (κ2) is 9.64. The van der Waals surface area contributed by atoms with Crippen molar-refractivity contribution in [2.45, 2.75) is 0 Å². The lowest BCUT2D eigenvalue weighted by atomic mass is 9.83. The average molecular weight is 543 g/mol. The van der Waals surface area contributed by atoms with Crippen LogP contribution < -0.4 is 0 Å². The molecule has 8 rings (SSSR count). The van der Waals surface area contributed by atoms with E-state index in [4.69, 9.17) is 0 Å². The van der Waals surface area contributed by atoms with E-state index in [1.54, 1.807) is 0 Å². The largest absolute Gasteiger partial charge is 0.207 e. The van der Waals surface area contributed by atoms with Gasteiger partial charge in [-0.05, 0) is 88.6 Å². The Kier molecular flexibility index (Phi) is 5.61. The standard InChI is InChI=1S/C40H24F2/c41-27-22-26(23-28(42)24-27)39-34-15-5-7-17-36(34)40(37-18-8-6-16-35(37)39)38-21-20-33(31-13-3-4-14-32(31)38)30-19-9-11-25-10-1-2-12-29(25)30/h1-24H. The minimum atomic E-state index is -0.586. The molecule has 0 amide bonds. The molecule has 0 unspecified atom stereocenters. The van der Waals surface area contributed by atoms with Gasteiger partial charge in [-0.1, -0.05) is 127 Å². The Morgan fingerprint density at radius 1 is 0.310 bits per heavy atom. The van der Waals surface area contributed by atoms with Gasteiger partial charge in [-0.25, -0.2) is 8.78 Å². The van der Waals surface area contributed by atoms with E-state index in [-0.39, 0.29) is 0 Å². The van der Waals surface area contributed by atoms with Gasteiger partial charge >= 0.3 is 0 Å². The first-order valence-corrected chi connectivity index (χ1v) is 14.1. The minimum absolute atomic E-state index is 0.530. The fraction of sp³-hybridized carbons (Fsp3) is 0. The molecule has 0 spiro atoms. The number of hydrogen-bond acceptors (Lipinski definition) is 0. The summed E-state index contributed by atoms with van der Waals surface area (Å²) >= 11 is 0. The number of rotatable bonds is 3. The highest BCUT2D eigenvalue weighted by atomic mass is 19.1. The first kappa shape index (κ1) is 24.5. The van der Waals surface area contributed by atoms with Gasteiger partial charge in [0.1, 0.15) is 11.6 Å². The molecule has 0 aliphatic rings. The van der Waals surface area contributed by atoms with Gasteiger partial charge in [0.05, 0.1) is 0 Å². The molecular formula is C40H24F2. The fourth-order valence-electron chi connectivity index (χ4n) is 6.64. The van der Waals surface area contributed by atoms with Gasteiger partial charge in [0.2, 0.25) is 0 Å². The SMILES string of the molecule is Fc1cc(F)cc(-c2c3ccccc3c(-c3ccc(-c4cccc5ccccc45)c4ccccc34)c3ccccc23)c1. The Bertz CT molecular complexity index is 2250. The third-order valence-corrected chi connectivity index (χ3v) is 8.36. The molecular weight excluding hydrogens is 518 g/mol. The van der Waals surface area contributed by atoms with Gasteiger partial charge in [0.25, 0.3) is 0 Å². The molecule has 0 saturated carbocycles. The summed E-state index contributed by atoms with van der Waals surface area (Å²) in [7, 11) is 0. The van der Waals surface area contributed by atoms with Crippen LogP contribution in [-0.4, -0.2) is 0 Å². The van der Waals surface area contributed by atoms with Gasteiger partial charge in [0, 0.05) is 6.07 Å². The summed E-state index contributed by atoms with van der Waals surface area (Å²) in [5.41, 5.74) is 5.99. The molecule has 0 aromatic heterocycles. The van der Waals surface area contributed by atoms with Gasteiger partial charge in [0.15, 0.2) is 0 Å². The van der Waals surface area contributed by atoms with Crippen LogP contribution in [0, 0.1) is 11.6 Å². The molecule has 8 aromatic rings. The Hall–Kier alpha value is -5.34. The van der Waals surface area contributed by atoms with Crippen LogP contribution in [0.25, 0.3) is 76.5 Å². The van der Waals surface area contributed by atoms with Gasteiger partial charge in [-0.3, -0.25) is 0 Å². The third-order valence-electron chi connectivity index (χ3n) is 8.36. The van der Waals surface area contributed by atoms with Crippen molar-refractivity contribution >= 4 is 43.1 Å². The molecule has 0 saturated heterocycles. The van der Waals surface area contributed by atoms with Crippen LogP contribution in [0.5, 0.6) is 0 Å². The monoisotopic (exact) mass is 542 g/mol. The van der Waals surface area contributed by atoms with E-state index in [1.807, 2.05) is 24.3 Å². The van der Waals surface area contributed by atoms with E-state index in [1.165, 1.54) is 39.4 Å². The summed E-state index contributed by atoms with van der Waals surface area (Å²) in [5.74, 6) is -1.17. The fourth-order valence-corrected chi connectivity index (χ4v) is 6.64. The van der Waals surface area contributed by atoms with E-state index in [9.17, 15) is 8.78 Å². The summed E-state index contributed by atoms with van der Waals surface area (Å²) in [6, 6.07) is 48.1. The number of hydrogen-bond donors (Lipinski definition) is 0. The van der Waals surface area contributed by atoms with E-state index in [2.05, 4.69) is 103 Å². The molecule has 42 heavy (non-hydrogen) atoms. The third kappa shape index (κ3) is 3.80. The molecule has 0 nitrogen and oxygen atoms in total. The summed E-state index contributed by atoms with van der Waals surface area (Å²) < 4.78 is 28.9. The van der Waals surface area contributed by atoms with Crippen molar-refractivity contribution < 1.29 is 8.78 Å². The summed E-state index contributed by atoms with van der Waals surface area (Å²) in [6.45, 7) is 0. The van der Waals surface area contributed by atoms with E-state index < -0.39 is 11.6 Å². The lowest BCUT2D eigenvalue weighted by molar-refractivity contribution is 0.584. The molecule has 0 heterocycles. The quantitative estimate of drug-likeness (QED) is 0.195. The van der Waals surface area contributed by atoms with Crippen LogP contribution in [0.1, 0.15) is 0 Å². The van der Waals surface area contributed by atoms with E-state index in [0.717, 1.165) is 49.7 Å². The first-order valence-electron chi connectivity index (χ1n) is 14.1. The molecule has 0 radical (unpaired) electrons. The van der Waals surface area contributed by atoms with Gasteiger partial charge < -0.3 is 0 Å². The van der Waals surface area contributed by atoms with Crippen molar-refractivity contribution in [3.8, 4) is 33.4 Å². The van der Waals surface area contributed by atoms with Crippen LogP contribution in [0.3, 0.4) is 0 Å². The lowest BCUT2D eigenvalue weighted by Crippen LogP contribution is -1.93. The molecule has 2 heteroatoms. The number of fused-ring (bicyclic) bond motifs is 4. The Labute approximate surface area is 242 Å². The van der Waals surface area contributed by atoms with E-state index >= 15 is 0 Å². The van der Waals surface area contributed by atoms with Crippen molar-refractivity contribution in [1.29, 1.82) is 0 Å². The predicted octanol–water partition coefficient (Wildman–Crippen LogP) is 11.6. The van der Waals surface area contributed by atoms with Crippen LogP contribution in [0.2, 0.25) is 0 Å². The Morgan fingerprint density at radius 2 is 0.738 bits per heavy atom. The highest BCUT2D eigenvalue weighted by molar-refractivity contribution is 6.24. The summed E-state index contributed by atoms with van der Waals surface area (Å²) in [5, 5.41) is 8.76. The maximum absolute atomic E-state index is 14.5. The highest BCUT2D eigenvalue weighted by Gasteiger charge is 2.19. The smallest absolute Gasteiger partial charge is 0.126 e. The molecule has 0 atom stereocenters. The van der Waals surface area contributed by atoms with Crippen molar-refractivity contribution in [1.82, 2.24) is 0 Å². The zero-order valence-electron chi connectivity index (χ0n) is 22.6. The second-order valence-corrected chi connectivity index (χ2v) is 10.7. The number of benzene rings is 8. The minimum Gasteiger partial charge on any atom is -0.207 e. The Morgan fingerprint density at radius 3 is 1.36 bits per heavy atom. The predicted molar refractivity (Wildman–Crippen MR) is 173 cm³/mol. The van der Waals surface area contributed by atoms with Crippen LogP contribution in [0.15, 0.2) is 146 Å². The van der Waals surface area contributed by atoms with Crippen molar-refractivity contribution in [3.63, 3.8) is 0 Å². The summed E-state index contributed by atoms with van der Waals surface area (Å²) in [6.07, 6.45) is 0. The molecule has 0 aliphatic carbocycles. The molecule has 198 valence electrons. The molecule has 0 bridgehead atoms. The van der Waals surface area contributed by atoms with Crippen LogP contribution in [-0.2, 0) is 0 Å². The first-order chi connectivity index (χ1) is 20.7. The zero-order chi connectivity index (χ0) is 28.2. The maximum atomic E-state index is 14.5. The van der Waals surface area contributed by atoms with Gasteiger partial charge in [-0.15, -0.1) is 0 Å². The van der Waals surface area contributed by atoms with Crippen molar-refractivity contribution in [2.75, 3.05) is 0 Å². The molecule has 8 aromatic carbocycles. The summed E-state index contributed by atoms with van der Waals surface area (Å²) in [4.78, 5) is 0. The van der Waals surface area contributed by atoms with Crippen molar-refractivity contribution in [3.05, 3.63) is 157 Å². The van der Waals surface area contributed by atoms with E-state index in [0.29, 0.717) is 5.56 Å². The molecule has 0 N–H and O–H groups in total. The van der Waals surface area contributed by atoms with Crippen molar-refractivity contribution in [2.24, 2.45) is 0 Å². The van der Waals surface area contributed by atoms with Crippen LogP contribution in [0.4, 0.5) is 8.78 Å². The average Bonchev–Trinajstić information content (AvgIpc) is 3.02. The highest BCUT2D eigenvalue weighted by Crippen LogP contribution is 2.46. The Balaban J connectivity index is 1.48. The lowest BCUT2D eigenvalue weighted by Gasteiger charge is -2.20.